The van der Waals surface area contributed by atoms with Crippen molar-refractivity contribution in [3.8, 4) is 0 Å². The largest absolute Gasteiger partial charge is 0.394 e. The fourth-order valence-corrected chi connectivity index (χ4v) is 1.94. The molecule has 0 bridgehead atoms. The van der Waals surface area contributed by atoms with E-state index in [2.05, 4.69) is 5.32 Å². The van der Waals surface area contributed by atoms with E-state index in [1.54, 1.807) is 0 Å². The summed E-state index contributed by atoms with van der Waals surface area (Å²) < 4.78 is 0. The maximum absolute atomic E-state index is 11.8. The average molecular weight is 232 g/mol. The molecule has 2 unspecified atom stereocenters. The number of rotatable bonds is 5. The molecule has 6 heteroatoms. The van der Waals surface area contributed by atoms with Crippen molar-refractivity contribution < 1.29 is 20.1 Å². The first-order valence-electron chi connectivity index (χ1n) is 5.49. The van der Waals surface area contributed by atoms with Gasteiger partial charge in [-0.1, -0.05) is 6.42 Å². The number of aliphatic hydroxyl groups is 3. The van der Waals surface area contributed by atoms with Crippen LogP contribution in [0.2, 0.25) is 0 Å². The van der Waals surface area contributed by atoms with Crippen LogP contribution in [0, 0.1) is 5.92 Å². The Hall–Kier alpha value is -0.690. The minimum Gasteiger partial charge on any atom is -0.394 e. The molecule has 94 valence electrons. The summed E-state index contributed by atoms with van der Waals surface area (Å²) in [6, 6.07) is -0.172. The fraction of sp³-hybridized carbons (Fsp3) is 0.900. The standard InChI is InChI=1S/C10H20N2O4/c11-8-3-1-2-7(8)9(16)12-10(4-13,5-14)6-15/h7-8,13-15H,1-6,11H2,(H,12,16). The Morgan fingerprint density at radius 1 is 1.25 bits per heavy atom. The number of amides is 1. The fourth-order valence-electron chi connectivity index (χ4n) is 1.94. The second-order valence-electron chi connectivity index (χ2n) is 4.45. The Kier molecular flexibility index (Phi) is 4.67. The number of hydrogen-bond acceptors (Lipinski definition) is 5. The van der Waals surface area contributed by atoms with Crippen LogP contribution in [-0.4, -0.2) is 52.6 Å². The first-order valence-corrected chi connectivity index (χ1v) is 5.49. The van der Waals surface area contributed by atoms with E-state index in [0.717, 1.165) is 12.8 Å². The van der Waals surface area contributed by atoms with Crippen LogP contribution in [0.5, 0.6) is 0 Å². The molecule has 1 rings (SSSR count). The van der Waals surface area contributed by atoms with Crippen molar-refractivity contribution >= 4 is 5.91 Å². The summed E-state index contributed by atoms with van der Waals surface area (Å²) in [5.41, 5.74) is 4.43. The van der Waals surface area contributed by atoms with E-state index < -0.39 is 25.4 Å². The van der Waals surface area contributed by atoms with Gasteiger partial charge in [0, 0.05) is 6.04 Å². The molecule has 6 nitrogen and oxygen atoms in total. The van der Waals surface area contributed by atoms with Gasteiger partial charge in [0.25, 0.3) is 0 Å². The molecule has 0 spiro atoms. The lowest BCUT2D eigenvalue weighted by atomic mass is 9.98. The summed E-state index contributed by atoms with van der Waals surface area (Å²) >= 11 is 0. The summed E-state index contributed by atoms with van der Waals surface area (Å²) in [5, 5.41) is 29.7. The molecular weight excluding hydrogens is 212 g/mol. The van der Waals surface area contributed by atoms with Gasteiger partial charge in [-0.3, -0.25) is 4.79 Å². The van der Waals surface area contributed by atoms with Gasteiger partial charge in [0.05, 0.1) is 25.7 Å². The second kappa shape index (κ2) is 5.58. The Labute approximate surface area is 94.5 Å². The van der Waals surface area contributed by atoms with Crippen molar-refractivity contribution in [3.63, 3.8) is 0 Å². The highest BCUT2D eigenvalue weighted by molar-refractivity contribution is 5.80. The van der Waals surface area contributed by atoms with E-state index in [9.17, 15) is 4.79 Å². The van der Waals surface area contributed by atoms with Crippen LogP contribution in [0.4, 0.5) is 0 Å². The van der Waals surface area contributed by atoms with Gasteiger partial charge in [0.1, 0.15) is 5.54 Å². The van der Waals surface area contributed by atoms with Crippen molar-refractivity contribution in [2.45, 2.75) is 30.8 Å². The van der Waals surface area contributed by atoms with Crippen LogP contribution in [0.25, 0.3) is 0 Å². The molecule has 0 saturated heterocycles. The molecule has 1 aliphatic carbocycles. The summed E-state index contributed by atoms with van der Waals surface area (Å²) in [6.45, 7) is -1.52. The zero-order valence-electron chi connectivity index (χ0n) is 9.22. The van der Waals surface area contributed by atoms with Crippen LogP contribution in [0.15, 0.2) is 0 Å². The summed E-state index contributed by atoms with van der Waals surface area (Å²) in [4.78, 5) is 11.8. The maximum Gasteiger partial charge on any atom is 0.225 e. The van der Waals surface area contributed by atoms with Gasteiger partial charge in [0.15, 0.2) is 0 Å². The first kappa shape index (κ1) is 13.4. The number of carbonyl (C=O) groups is 1. The molecule has 0 radical (unpaired) electrons. The minimum atomic E-state index is -1.35. The van der Waals surface area contributed by atoms with Crippen molar-refractivity contribution in [2.75, 3.05) is 19.8 Å². The van der Waals surface area contributed by atoms with Crippen molar-refractivity contribution in [1.29, 1.82) is 0 Å². The smallest absolute Gasteiger partial charge is 0.225 e. The third-order valence-corrected chi connectivity index (χ3v) is 3.20. The van der Waals surface area contributed by atoms with Crippen LogP contribution in [-0.2, 0) is 4.79 Å². The van der Waals surface area contributed by atoms with E-state index in [1.807, 2.05) is 0 Å². The summed E-state index contributed by atoms with van der Waals surface area (Å²) in [7, 11) is 0. The molecular formula is C10H20N2O4. The maximum atomic E-state index is 11.8. The van der Waals surface area contributed by atoms with Gasteiger partial charge >= 0.3 is 0 Å². The molecule has 0 heterocycles. The summed E-state index contributed by atoms with van der Waals surface area (Å²) in [6.07, 6.45) is 2.43. The molecule has 0 aromatic rings. The predicted molar refractivity (Wildman–Crippen MR) is 57.4 cm³/mol. The van der Waals surface area contributed by atoms with Crippen LogP contribution >= 0.6 is 0 Å². The Morgan fingerprint density at radius 2 is 1.81 bits per heavy atom. The second-order valence-corrected chi connectivity index (χ2v) is 4.45. The molecule has 1 amide bonds. The normalized spacial score (nSPS) is 25.8. The van der Waals surface area contributed by atoms with Crippen LogP contribution in [0.3, 0.4) is 0 Å². The number of nitrogens with two attached hydrogens (primary N) is 1. The van der Waals surface area contributed by atoms with E-state index in [0.29, 0.717) is 6.42 Å². The van der Waals surface area contributed by atoms with Crippen LogP contribution in [0.1, 0.15) is 19.3 Å². The Balaban J connectivity index is 2.61. The van der Waals surface area contributed by atoms with Crippen LogP contribution < -0.4 is 11.1 Å². The summed E-state index contributed by atoms with van der Waals surface area (Å²) in [5.74, 6) is -0.592. The van der Waals surface area contributed by atoms with E-state index in [1.165, 1.54) is 0 Å². The number of hydrogen-bond donors (Lipinski definition) is 5. The Bertz CT molecular complexity index is 235. The lowest BCUT2D eigenvalue weighted by Crippen LogP contribution is -2.59. The molecule has 0 aromatic carbocycles. The zero-order valence-corrected chi connectivity index (χ0v) is 9.22. The molecule has 16 heavy (non-hydrogen) atoms. The van der Waals surface area contributed by atoms with Gasteiger partial charge in [-0.25, -0.2) is 0 Å². The molecule has 1 fully saturated rings. The zero-order chi connectivity index (χ0) is 12.2. The number of aliphatic hydroxyl groups excluding tert-OH is 3. The van der Waals surface area contributed by atoms with Gasteiger partial charge in [-0.15, -0.1) is 0 Å². The topological polar surface area (TPSA) is 116 Å². The Morgan fingerprint density at radius 3 is 2.19 bits per heavy atom. The highest BCUT2D eigenvalue weighted by atomic mass is 16.3. The van der Waals surface area contributed by atoms with Crippen molar-refractivity contribution in [1.82, 2.24) is 5.32 Å². The van der Waals surface area contributed by atoms with E-state index in [-0.39, 0.29) is 17.9 Å². The van der Waals surface area contributed by atoms with E-state index in [4.69, 9.17) is 21.1 Å². The average Bonchev–Trinajstić information content (AvgIpc) is 2.72. The van der Waals surface area contributed by atoms with Gasteiger partial charge in [0.2, 0.25) is 5.91 Å². The third-order valence-electron chi connectivity index (χ3n) is 3.20. The highest BCUT2D eigenvalue weighted by Crippen LogP contribution is 2.24. The molecule has 1 aliphatic rings. The van der Waals surface area contributed by atoms with Crippen molar-refractivity contribution in [2.24, 2.45) is 11.7 Å². The highest BCUT2D eigenvalue weighted by Gasteiger charge is 2.36. The molecule has 6 N–H and O–H groups in total. The minimum absolute atomic E-state index is 0.172. The first-order chi connectivity index (χ1) is 7.58. The lowest BCUT2D eigenvalue weighted by Gasteiger charge is -2.30. The van der Waals surface area contributed by atoms with Gasteiger partial charge in [-0.2, -0.15) is 0 Å². The predicted octanol–water partition coefficient (Wildman–Crippen LogP) is -2.05. The van der Waals surface area contributed by atoms with Gasteiger partial charge < -0.3 is 26.4 Å². The molecule has 2 atom stereocenters. The third kappa shape index (κ3) is 2.70. The molecule has 1 saturated carbocycles. The SMILES string of the molecule is NC1CCCC1C(=O)NC(CO)(CO)CO. The monoisotopic (exact) mass is 232 g/mol. The van der Waals surface area contributed by atoms with E-state index >= 15 is 0 Å². The van der Waals surface area contributed by atoms with Gasteiger partial charge in [-0.05, 0) is 12.8 Å². The molecule has 0 aromatic heterocycles. The number of nitrogens with one attached hydrogen (secondary N) is 1. The molecule has 0 aliphatic heterocycles. The lowest BCUT2D eigenvalue weighted by molar-refractivity contribution is -0.129. The van der Waals surface area contributed by atoms with Crippen molar-refractivity contribution in [3.05, 3.63) is 0 Å². The number of carbonyl (C=O) groups excluding carboxylic acids is 1. The quantitative estimate of drug-likeness (QED) is 0.374.